The van der Waals surface area contributed by atoms with Gasteiger partial charge in [-0.05, 0) is 81.9 Å². The molecule has 6 aromatic carbocycles. The number of benzene rings is 6. The average molecular weight is 616 g/mol. The van der Waals surface area contributed by atoms with Gasteiger partial charge in [0.1, 0.15) is 5.82 Å². The molecule has 0 fully saturated rings. The van der Waals surface area contributed by atoms with Crippen LogP contribution in [-0.4, -0.2) is 10.6 Å². The molecule has 0 bridgehead atoms. The van der Waals surface area contributed by atoms with Crippen LogP contribution in [0.2, 0.25) is 0 Å². The number of nitrogens with zero attached hydrogens (tertiary/aromatic N) is 1. The molecule has 1 aliphatic heterocycles. The van der Waals surface area contributed by atoms with Gasteiger partial charge in [-0.3, -0.25) is 0 Å². The zero-order chi connectivity index (χ0) is 31.9. The van der Waals surface area contributed by atoms with Crippen LogP contribution in [0.5, 0.6) is 0 Å². The van der Waals surface area contributed by atoms with Crippen molar-refractivity contribution in [3.05, 3.63) is 199 Å². The van der Waals surface area contributed by atoms with Crippen LogP contribution in [0.3, 0.4) is 0 Å². The summed E-state index contributed by atoms with van der Waals surface area (Å²) in [6, 6.07) is 54.4. The molecule has 0 spiro atoms. The number of para-hydroxylation sites is 2. The third-order valence-corrected chi connectivity index (χ3v) is 9.41. The van der Waals surface area contributed by atoms with Crippen LogP contribution < -0.4 is 10.6 Å². The van der Waals surface area contributed by atoms with E-state index in [9.17, 15) is 0 Å². The second-order valence-electron chi connectivity index (χ2n) is 12.3. The maximum atomic E-state index is 3.79. The first kappa shape index (κ1) is 27.9. The molecule has 48 heavy (non-hydrogen) atoms. The summed E-state index contributed by atoms with van der Waals surface area (Å²) < 4.78 is 2.36. The lowest BCUT2D eigenvalue weighted by molar-refractivity contribution is 0.755. The predicted octanol–water partition coefficient (Wildman–Crippen LogP) is 10.9. The Kier molecular flexibility index (Phi) is 6.87. The molecule has 0 saturated carbocycles. The normalized spacial score (nSPS) is 15.3. The summed E-state index contributed by atoms with van der Waals surface area (Å²) in [5.74, 6) is 0.975. The topological polar surface area (TPSA) is 29.0 Å². The summed E-state index contributed by atoms with van der Waals surface area (Å²) in [6.07, 6.45) is 10.9. The van der Waals surface area contributed by atoms with Gasteiger partial charge in [-0.25, -0.2) is 0 Å². The highest BCUT2D eigenvalue weighted by Crippen LogP contribution is 2.38. The van der Waals surface area contributed by atoms with Crippen molar-refractivity contribution in [3.63, 3.8) is 0 Å². The van der Waals surface area contributed by atoms with Crippen molar-refractivity contribution >= 4 is 33.1 Å². The molecule has 1 aromatic heterocycles. The number of allylic oxidation sites excluding steroid dienone is 4. The van der Waals surface area contributed by atoms with E-state index < -0.39 is 0 Å². The first-order valence-corrected chi connectivity index (χ1v) is 16.5. The largest absolute Gasteiger partial charge is 0.361 e. The number of hydrogen-bond donors (Lipinski definition) is 2. The van der Waals surface area contributed by atoms with Gasteiger partial charge < -0.3 is 15.2 Å². The van der Waals surface area contributed by atoms with Crippen LogP contribution in [-0.2, 0) is 0 Å². The second-order valence-corrected chi connectivity index (χ2v) is 12.3. The number of dihydropyridines is 1. The molecule has 228 valence electrons. The smallest absolute Gasteiger partial charge is 0.104 e. The zero-order valence-corrected chi connectivity index (χ0v) is 26.3. The Morgan fingerprint density at radius 2 is 1.21 bits per heavy atom. The van der Waals surface area contributed by atoms with E-state index in [0.717, 1.165) is 17.1 Å². The van der Waals surface area contributed by atoms with Crippen LogP contribution in [0.15, 0.2) is 193 Å². The van der Waals surface area contributed by atoms with Crippen LogP contribution >= 0.6 is 0 Å². The summed E-state index contributed by atoms with van der Waals surface area (Å²) in [6.45, 7) is 0. The predicted molar refractivity (Wildman–Crippen MR) is 202 cm³/mol. The molecule has 0 amide bonds. The molecule has 2 aliphatic rings. The Labute approximate surface area is 280 Å². The summed E-state index contributed by atoms with van der Waals surface area (Å²) in [7, 11) is 0. The summed E-state index contributed by atoms with van der Waals surface area (Å²) >= 11 is 0. The van der Waals surface area contributed by atoms with Gasteiger partial charge in [0.2, 0.25) is 0 Å². The lowest BCUT2D eigenvalue weighted by Crippen LogP contribution is -2.35. The third kappa shape index (κ3) is 4.94. The van der Waals surface area contributed by atoms with Gasteiger partial charge in [0.25, 0.3) is 0 Å². The van der Waals surface area contributed by atoms with Crippen molar-refractivity contribution in [1.82, 2.24) is 9.88 Å². The van der Waals surface area contributed by atoms with Crippen molar-refractivity contribution < 1.29 is 0 Å². The Morgan fingerprint density at radius 3 is 2.02 bits per heavy atom. The van der Waals surface area contributed by atoms with E-state index in [1.54, 1.807) is 0 Å². The second kappa shape index (κ2) is 11.8. The summed E-state index contributed by atoms with van der Waals surface area (Å²) in [5.41, 5.74) is 13.0. The monoisotopic (exact) mass is 615 g/mol. The number of nitrogens with one attached hydrogen (secondary N) is 2. The maximum Gasteiger partial charge on any atom is 0.104 e. The van der Waals surface area contributed by atoms with E-state index >= 15 is 0 Å². The third-order valence-electron chi connectivity index (χ3n) is 9.41. The standard InChI is InChI=1S/C45H33N3/c1-4-14-31(15-5-1)38-30-45(46-41-22-12-10-20-36(38)41)47-42-26-24-33(28-39(42)32-16-6-2-7-17-32)34-25-27-44-40(29-34)37-21-11-13-23-43(37)48(44)35-18-8-3-9-19-35/h1-30,41,46-47H. The van der Waals surface area contributed by atoms with E-state index in [1.165, 1.54) is 60.9 Å². The molecule has 1 aliphatic carbocycles. The highest BCUT2D eigenvalue weighted by molar-refractivity contribution is 6.10. The SMILES string of the molecule is C1=CC2=C(c3ccccc3)C=C(Nc3ccc(-c4ccc5c(c4)c4ccccc4n5-c4ccccc4)cc3-c3ccccc3)NC2C=C1. The molecule has 3 nitrogen and oxygen atoms in total. The van der Waals surface area contributed by atoms with Crippen LogP contribution in [0.4, 0.5) is 5.69 Å². The molecular weight excluding hydrogens is 583 g/mol. The van der Waals surface area contributed by atoms with Gasteiger partial charge in [0, 0.05) is 27.7 Å². The van der Waals surface area contributed by atoms with Crippen molar-refractivity contribution in [1.29, 1.82) is 0 Å². The quantitative estimate of drug-likeness (QED) is 0.195. The van der Waals surface area contributed by atoms with Gasteiger partial charge in [-0.2, -0.15) is 0 Å². The minimum Gasteiger partial charge on any atom is -0.361 e. The van der Waals surface area contributed by atoms with E-state index in [4.69, 9.17) is 0 Å². The number of hydrogen-bond acceptors (Lipinski definition) is 2. The highest BCUT2D eigenvalue weighted by Gasteiger charge is 2.23. The fraction of sp³-hybridized carbons (Fsp3) is 0.0222. The van der Waals surface area contributed by atoms with Gasteiger partial charge in [0.15, 0.2) is 0 Å². The maximum absolute atomic E-state index is 3.79. The Hall–Kier alpha value is -6.32. The first-order chi connectivity index (χ1) is 23.8. The molecule has 1 atom stereocenters. The van der Waals surface area contributed by atoms with E-state index in [2.05, 4.69) is 197 Å². The van der Waals surface area contributed by atoms with Crippen molar-refractivity contribution in [2.24, 2.45) is 0 Å². The van der Waals surface area contributed by atoms with E-state index in [0.29, 0.717) is 0 Å². The fourth-order valence-electron chi connectivity index (χ4n) is 7.14. The van der Waals surface area contributed by atoms with Crippen molar-refractivity contribution in [2.45, 2.75) is 6.04 Å². The number of anilines is 1. The summed E-state index contributed by atoms with van der Waals surface area (Å²) in [4.78, 5) is 0. The van der Waals surface area contributed by atoms with Crippen LogP contribution in [0.25, 0.3) is 55.3 Å². The van der Waals surface area contributed by atoms with Gasteiger partial charge >= 0.3 is 0 Å². The molecule has 3 heteroatoms. The molecule has 2 N–H and O–H groups in total. The van der Waals surface area contributed by atoms with Crippen LogP contribution in [0.1, 0.15) is 5.56 Å². The number of aromatic nitrogens is 1. The van der Waals surface area contributed by atoms with Gasteiger partial charge in [0.05, 0.1) is 17.1 Å². The zero-order valence-electron chi connectivity index (χ0n) is 26.3. The Morgan fingerprint density at radius 1 is 0.542 bits per heavy atom. The molecule has 1 unspecified atom stereocenters. The molecular formula is C45H33N3. The Balaban J connectivity index is 1.15. The van der Waals surface area contributed by atoms with Gasteiger partial charge in [-0.15, -0.1) is 0 Å². The minimum absolute atomic E-state index is 0.0990. The lowest BCUT2D eigenvalue weighted by Gasteiger charge is -2.30. The van der Waals surface area contributed by atoms with Gasteiger partial charge in [-0.1, -0.05) is 133 Å². The first-order valence-electron chi connectivity index (χ1n) is 16.5. The summed E-state index contributed by atoms with van der Waals surface area (Å²) in [5, 5.41) is 10.0. The highest BCUT2D eigenvalue weighted by atomic mass is 15.1. The van der Waals surface area contributed by atoms with Crippen molar-refractivity contribution in [2.75, 3.05) is 5.32 Å². The number of rotatable bonds is 6. The van der Waals surface area contributed by atoms with E-state index in [1.807, 2.05) is 0 Å². The number of fused-ring (bicyclic) bond motifs is 4. The molecule has 0 saturated heterocycles. The lowest BCUT2D eigenvalue weighted by atomic mass is 9.89. The molecule has 9 rings (SSSR count). The Bertz CT molecular complexity index is 2430. The average Bonchev–Trinajstić information content (AvgIpc) is 3.49. The minimum atomic E-state index is 0.0990. The van der Waals surface area contributed by atoms with Crippen LogP contribution in [0, 0.1) is 0 Å². The van der Waals surface area contributed by atoms with E-state index in [-0.39, 0.29) is 6.04 Å². The van der Waals surface area contributed by atoms with Crippen molar-refractivity contribution in [3.8, 4) is 27.9 Å². The fourth-order valence-corrected chi connectivity index (χ4v) is 7.14. The molecule has 7 aromatic rings. The molecule has 0 radical (unpaired) electrons. The molecule has 2 heterocycles.